The number of rotatable bonds is 6. The summed E-state index contributed by atoms with van der Waals surface area (Å²) in [5.41, 5.74) is 2.83. The maximum Gasteiger partial charge on any atom is 0.265 e. The second kappa shape index (κ2) is 7.43. The zero-order chi connectivity index (χ0) is 16.0. The summed E-state index contributed by atoms with van der Waals surface area (Å²) in [6.45, 7) is 10.3. The number of amides is 1. The summed E-state index contributed by atoms with van der Waals surface area (Å²) in [6, 6.07) is 7.45. The summed E-state index contributed by atoms with van der Waals surface area (Å²) in [5.74, 6) is 5.47. The lowest BCUT2D eigenvalue weighted by atomic mass is 9.87. The summed E-state index contributed by atoms with van der Waals surface area (Å²) in [6.07, 6.45) is 0. The van der Waals surface area contributed by atoms with Crippen LogP contribution in [0.4, 0.5) is 0 Å². The molecule has 0 heterocycles. The third-order valence-electron chi connectivity index (χ3n) is 3.85. The maximum atomic E-state index is 11.4. The molecule has 3 N–H and O–H groups in total. The standard InChI is InChI=1S/C16H27N3O2/c1-12(16(2,3)4)19(5)9-10-21-14-8-6-7-13(11-14)15(20)18-17/h6-8,11-12H,9-10,17H2,1-5H3,(H,18,20). The first-order valence-electron chi connectivity index (χ1n) is 7.19. The lowest BCUT2D eigenvalue weighted by Gasteiger charge is -2.35. The Labute approximate surface area is 127 Å². The molecule has 5 nitrogen and oxygen atoms in total. The predicted octanol–water partition coefficient (Wildman–Crippen LogP) is 2.04. The summed E-state index contributed by atoms with van der Waals surface area (Å²) in [5, 5.41) is 0. The minimum atomic E-state index is -0.320. The van der Waals surface area contributed by atoms with E-state index in [9.17, 15) is 4.79 Å². The Morgan fingerprint density at radius 1 is 1.43 bits per heavy atom. The molecule has 21 heavy (non-hydrogen) atoms. The first-order valence-corrected chi connectivity index (χ1v) is 7.19. The van der Waals surface area contributed by atoms with Crippen LogP contribution < -0.4 is 16.0 Å². The topological polar surface area (TPSA) is 67.6 Å². The van der Waals surface area contributed by atoms with Gasteiger partial charge in [-0.25, -0.2) is 5.84 Å². The summed E-state index contributed by atoms with van der Waals surface area (Å²) >= 11 is 0. The highest BCUT2D eigenvalue weighted by atomic mass is 16.5. The highest BCUT2D eigenvalue weighted by Gasteiger charge is 2.23. The molecule has 0 bridgehead atoms. The van der Waals surface area contributed by atoms with Crippen LogP contribution in [0.5, 0.6) is 5.75 Å². The quantitative estimate of drug-likeness (QED) is 0.478. The molecule has 0 saturated carbocycles. The van der Waals surface area contributed by atoms with Crippen molar-refractivity contribution >= 4 is 5.91 Å². The van der Waals surface area contributed by atoms with Crippen LogP contribution in [0.1, 0.15) is 38.1 Å². The first kappa shape index (κ1) is 17.5. The molecule has 0 aliphatic carbocycles. The minimum Gasteiger partial charge on any atom is -0.492 e. The molecule has 1 unspecified atom stereocenters. The Hall–Kier alpha value is -1.59. The van der Waals surface area contributed by atoms with E-state index in [0.717, 1.165) is 6.54 Å². The van der Waals surface area contributed by atoms with Crippen molar-refractivity contribution in [3.8, 4) is 5.75 Å². The van der Waals surface area contributed by atoms with Gasteiger partial charge in [-0.15, -0.1) is 0 Å². The second-order valence-corrected chi connectivity index (χ2v) is 6.37. The summed E-state index contributed by atoms with van der Waals surface area (Å²) < 4.78 is 5.71. The van der Waals surface area contributed by atoms with Crippen molar-refractivity contribution in [1.82, 2.24) is 10.3 Å². The number of hydrazine groups is 1. The van der Waals surface area contributed by atoms with Crippen LogP contribution in [0.3, 0.4) is 0 Å². The van der Waals surface area contributed by atoms with Crippen LogP contribution in [-0.4, -0.2) is 37.0 Å². The van der Waals surface area contributed by atoms with Crippen molar-refractivity contribution < 1.29 is 9.53 Å². The number of nitrogens with two attached hydrogens (primary N) is 1. The van der Waals surface area contributed by atoms with Gasteiger partial charge in [0.25, 0.3) is 5.91 Å². The number of benzene rings is 1. The van der Waals surface area contributed by atoms with Gasteiger partial charge in [0.05, 0.1) is 0 Å². The fourth-order valence-corrected chi connectivity index (χ4v) is 1.97. The fourth-order valence-electron chi connectivity index (χ4n) is 1.97. The molecule has 0 radical (unpaired) electrons. The number of likely N-dealkylation sites (N-methyl/N-ethyl adjacent to an activating group) is 1. The van der Waals surface area contributed by atoms with Crippen molar-refractivity contribution in [2.45, 2.75) is 33.7 Å². The molecule has 118 valence electrons. The molecular formula is C16H27N3O2. The Bertz CT molecular complexity index is 469. The van der Waals surface area contributed by atoms with E-state index in [1.807, 2.05) is 6.07 Å². The highest BCUT2D eigenvalue weighted by Crippen LogP contribution is 2.22. The van der Waals surface area contributed by atoms with Crippen LogP contribution in [0, 0.1) is 5.41 Å². The number of hydrogen-bond donors (Lipinski definition) is 2. The minimum absolute atomic E-state index is 0.230. The number of ether oxygens (including phenoxy) is 1. The van der Waals surface area contributed by atoms with Gasteiger partial charge in [0.2, 0.25) is 0 Å². The van der Waals surface area contributed by atoms with E-state index < -0.39 is 0 Å². The first-order chi connectivity index (χ1) is 9.75. The fraction of sp³-hybridized carbons (Fsp3) is 0.562. The third kappa shape index (κ3) is 5.36. The molecule has 0 aliphatic heterocycles. The molecule has 1 atom stereocenters. The Kier molecular flexibility index (Phi) is 6.18. The van der Waals surface area contributed by atoms with Gasteiger partial charge in [-0.2, -0.15) is 0 Å². The number of carbonyl (C=O) groups is 1. The largest absolute Gasteiger partial charge is 0.492 e. The van der Waals surface area contributed by atoms with Crippen LogP contribution in [-0.2, 0) is 0 Å². The lowest BCUT2D eigenvalue weighted by molar-refractivity contribution is 0.0952. The van der Waals surface area contributed by atoms with Crippen LogP contribution in [0.25, 0.3) is 0 Å². The van der Waals surface area contributed by atoms with Crippen LogP contribution in [0.2, 0.25) is 0 Å². The Balaban J connectivity index is 2.51. The van der Waals surface area contributed by atoms with Crippen molar-refractivity contribution in [3.05, 3.63) is 29.8 Å². The average molecular weight is 293 g/mol. The van der Waals surface area contributed by atoms with E-state index in [1.165, 1.54) is 0 Å². The predicted molar refractivity (Wildman–Crippen MR) is 85.1 cm³/mol. The van der Waals surface area contributed by atoms with E-state index in [4.69, 9.17) is 10.6 Å². The molecule has 5 heteroatoms. The van der Waals surface area contributed by atoms with Crippen molar-refractivity contribution in [3.63, 3.8) is 0 Å². The molecule has 0 aromatic heterocycles. The van der Waals surface area contributed by atoms with Gasteiger partial charge in [-0.3, -0.25) is 15.1 Å². The smallest absolute Gasteiger partial charge is 0.265 e. The molecule has 0 saturated heterocycles. The van der Waals surface area contributed by atoms with Crippen molar-refractivity contribution in [2.24, 2.45) is 11.3 Å². The van der Waals surface area contributed by atoms with Crippen LogP contribution in [0.15, 0.2) is 24.3 Å². The van der Waals surface area contributed by atoms with E-state index in [-0.39, 0.29) is 11.3 Å². The van der Waals surface area contributed by atoms with E-state index in [0.29, 0.717) is 24.0 Å². The number of nitrogens with one attached hydrogen (secondary N) is 1. The number of hydrogen-bond acceptors (Lipinski definition) is 4. The number of carbonyl (C=O) groups excluding carboxylic acids is 1. The van der Waals surface area contributed by atoms with Gasteiger partial charge in [-0.05, 0) is 37.6 Å². The zero-order valence-corrected chi connectivity index (χ0v) is 13.6. The lowest BCUT2D eigenvalue weighted by Crippen LogP contribution is -2.41. The molecular weight excluding hydrogens is 266 g/mol. The number of nitrogens with zero attached hydrogens (tertiary/aromatic N) is 1. The van der Waals surface area contributed by atoms with Crippen molar-refractivity contribution in [1.29, 1.82) is 0 Å². The van der Waals surface area contributed by atoms with Gasteiger partial charge in [0.1, 0.15) is 12.4 Å². The third-order valence-corrected chi connectivity index (χ3v) is 3.85. The Morgan fingerprint density at radius 3 is 2.67 bits per heavy atom. The van der Waals surface area contributed by atoms with E-state index in [2.05, 4.69) is 45.1 Å². The summed E-state index contributed by atoms with van der Waals surface area (Å²) in [4.78, 5) is 13.7. The molecule has 1 amide bonds. The molecule has 0 fully saturated rings. The maximum absolute atomic E-state index is 11.4. The summed E-state index contributed by atoms with van der Waals surface area (Å²) in [7, 11) is 2.09. The van der Waals surface area contributed by atoms with Gasteiger partial charge < -0.3 is 4.74 Å². The van der Waals surface area contributed by atoms with Gasteiger partial charge in [-0.1, -0.05) is 26.8 Å². The highest BCUT2D eigenvalue weighted by molar-refractivity contribution is 5.94. The van der Waals surface area contributed by atoms with E-state index in [1.54, 1.807) is 18.2 Å². The molecule has 0 spiro atoms. The average Bonchev–Trinajstić information content (AvgIpc) is 2.44. The Morgan fingerprint density at radius 2 is 2.10 bits per heavy atom. The van der Waals surface area contributed by atoms with Gasteiger partial charge in [0, 0.05) is 18.2 Å². The van der Waals surface area contributed by atoms with Crippen LogP contribution >= 0.6 is 0 Å². The zero-order valence-electron chi connectivity index (χ0n) is 13.6. The molecule has 1 aromatic carbocycles. The SMILES string of the molecule is CC(N(C)CCOc1cccc(C(=O)NN)c1)C(C)(C)C. The van der Waals surface area contributed by atoms with Gasteiger partial charge in [0.15, 0.2) is 0 Å². The van der Waals surface area contributed by atoms with Crippen molar-refractivity contribution in [2.75, 3.05) is 20.2 Å². The van der Waals surface area contributed by atoms with E-state index >= 15 is 0 Å². The number of nitrogen functional groups attached to an aromatic ring is 1. The van der Waals surface area contributed by atoms with Gasteiger partial charge >= 0.3 is 0 Å². The normalized spacial score (nSPS) is 13.1. The molecule has 1 aromatic rings. The molecule has 1 rings (SSSR count). The second-order valence-electron chi connectivity index (χ2n) is 6.37. The monoisotopic (exact) mass is 293 g/mol. The molecule has 0 aliphatic rings.